The summed E-state index contributed by atoms with van der Waals surface area (Å²) in [6.45, 7) is 0. The molecule has 0 spiro atoms. The van der Waals surface area contributed by atoms with Crippen molar-refractivity contribution in [1.82, 2.24) is 0 Å². The Morgan fingerprint density at radius 2 is 1.61 bits per heavy atom. The lowest BCUT2D eigenvalue weighted by atomic mass is 9.83. The van der Waals surface area contributed by atoms with E-state index in [0.717, 1.165) is 11.1 Å². The highest BCUT2D eigenvalue weighted by molar-refractivity contribution is 6.02. The van der Waals surface area contributed by atoms with Crippen molar-refractivity contribution in [2.45, 2.75) is 12.0 Å². The molecule has 2 atom stereocenters. The van der Waals surface area contributed by atoms with E-state index in [4.69, 9.17) is 0 Å². The number of aliphatic hydroxyl groups is 1. The third kappa shape index (κ3) is 3.07. The van der Waals surface area contributed by atoms with Gasteiger partial charge < -0.3 is 9.84 Å². The van der Waals surface area contributed by atoms with Crippen LogP contribution in [0.5, 0.6) is 0 Å². The third-order valence-electron chi connectivity index (χ3n) is 3.91. The summed E-state index contributed by atoms with van der Waals surface area (Å²) in [7, 11) is 0. The van der Waals surface area contributed by atoms with Crippen LogP contribution < -0.4 is 0 Å². The van der Waals surface area contributed by atoms with Crippen LogP contribution in [-0.2, 0) is 20.7 Å². The fourth-order valence-corrected chi connectivity index (χ4v) is 2.66. The number of esters is 2. The van der Waals surface area contributed by atoms with Crippen LogP contribution in [0, 0.1) is 5.92 Å². The minimum atomic E-state index is -1.87. The molecule has 2 unspecified atom stereocenters. The van der Waals surface area contributed by atoms with E-state index in [0.29, 0.717) is 0 Å². The molecule has 1 saturated heterocycles. The average Bonchev–Trinajstić information content (AvgIpc) is 2.76. The summed E-state index contributed by atoms with van der Waals surface area (Å²) in [4.78, 5) is 24.0. The number of ether oxygens (including phenoxy) is 1. The predicted octanol–water partition coefficient (Wildman–Crippen LogP) is 2.37. The van der Waals surface area contributed by atoms with Crippen molar-refractivity contribution in [3.05, 3.63) is 77.9 Å². The van der Waals surface area contributed by atoms with E-state index >= 15 is 0 Å². The van der Waals surface area contributed by atoms with E-state index < -0.39 is 23.5 Å². The van der Waals surface area contributed by atoms with E-state index in [2.05, 4.69) is 4.74 Å². The molecule has 0 amide bonds. The van der Waals surface area contributed by atoms with Crippen molar-refractivity contribution in [2.24, 2.45) is 5.92 Å². The summed E-state index contributed by atoms with van der Waals surface area (Å²) in [6, 6.07) is 18.4. The highest BCUT2D eigenvalue weighted by atomic mass is 16.6. The van der Waals surface area contributed by atoms with Gasteiger partial charge in [-0.3, -0.25) is 4.79 Å². The molecule has 0 aliphatic carbocycles. The van der Waals surface area contributed by atoms with Crippen LogP contribution in [0.4, 0.5) is 0 Å². The molecule has 4 heteroatoms. The minimum Gasteiger partial charge on any atom is -0.390 e. The number of benzene rings is 2. The van der Waals surface area contributed by atoms with E-state index in [1.165, 1.54) is 6.08 Å². The second-order valence-electron chi connectivity index (χ2n) is 5.54. The van der Waals surface area contributed by atoms with E-state index in [9.17, 15) is 14.7 Å². The molecule has 1 aliphatic rings. The molecule has 1 heterocycles. The molecule has 0 bridgehead atoms. The Bertz CT molecular complexity index is 736. The van der Waals surface area contributed by atoms with E-state index in [1.807, 2.05) is 48.5 Å². The monoisotopic (exact) mass is 308 g/mol. The Morgan fingerprint density at radius 1 is 1.00 bits per heavy atom. The molecule has 1 fully saturated rings. The summed E-state index contributed by atoms with van der Waals surface area (Å²) in [5.41, 5.74) is -0.231. The standard InChI is InChI=1S/C19H16O4/c20-17-16(12-11-14-7-3-1-4-8-14)19(22,18(21)23-17)13-15-9-5-2-6-10-15/h1-12,16,22H,13H2. The van der Waals surface area contributed by atoms with Crippen LogP contribution >= 0.6 is 0 Å². The van der Waals surface area contributed by atoms with Gasteiger partial charge in [0, 0.05) is 6.42 Å². The van der Waals surface area contributed by atoms with Gasteiger partial charge in [0.15, 0.2) is 5.60 Å². The molecule has 2 aromatic carbocycles. The highest BCUT2D eigenvalue weighted by Gasteiger charge is 2.55. The fourth-order valence-electron chi connectivity index (χ4n) is 2.66. The SMILES string of the molecule is O=C1OC(=O)C(O)(Cc2ccccc2)C1C=Cc1ccccc1. The molecule has 1 aliphatic heterocycles. The maximum Gasteiger partial charge on any atom is 0.347 e. The number of carbonyl (C=O) groups excluding carboxylic acids is 2. The largest absolute Gasteiger partial charge is 0.390 e. The summed E-state index contributed by atoms with van der Waals surface area (Å²) >= 11 is 0. The number of carbonyl (C=O) groups is 2. The van der Waals surface area contributed by atoms with Gasteiger partial charge in [0.25, 0.3) is 0 Å². The average molecular weight is 308 g/mol. The smallest absolute Gasteiger partial charge is 0.347 e. The van der Waals surface area contributed by atoms with Crippen LogP contribution in [0.1, 0.15) is 11.1 Å². The van der Waals surface area contributed by atoms with Crippen LogP contribution in [0.25, 0.3) is 6.08 Å². The Labute approximate surface area is 134 Å². The highest BCUT2D eigenvalue weighted by Crippen LogP contribution is 2.33. The van der Waals surface area contributed by atoms with Crippen LogP contribution in [0.2, 0.25) is 0 Å². The van der Waals surface area contributed by atoms with E-state index in [-0.39, 0.29) is 6.42 Å². The van der Waals surface area contributed by atoms with Crippen molar-refractivity contribution in [3.8, 4) is 0 Å². The van der Waals surface area contributed by atoms with Gasteiger partial charge in [-0.2, -0.15) is 0 Å². The van der Waals surface area contributed by atoms with Gasteiger partial charge in [0.2, 0.25) is 0 Å². The van der Waals surface area contributed by atoms with Crippen LogP contribution in [0.15, 0.2) is 66.7 Å². The molecule has 23 heavy (non-hydrogen) atoms. The summed E-state index contributed by atoms with van der Waals surface area (Å²) < 4.78 is 4.67. The first-order chi connectivity index (χ1) is 11.1. The lowest BCUT2D eigenvalue weighted by Crippen LogP contribution is -2.43. The zero-order valence-electron chi connectivity index (χ0n) is 12.4. The van der Waals surface area contributed by atoms with Crippen LogP contribution in [0.3, 0.4) is 0 Å². The lowest BCUT2D eigenvalue weighted by Gasteiger charge is -2.21. The molecule has 4 nitrogen and oxygen atoms in total. The Hall–Kier alpha value is -2.72. The first-order valence-corrected chi connectivity index (χ1v) is 7.35. The number of hydrogen-bond donors (Lipinski definition) is 1. The summed E-state index contributed by atoms with van der Waals surface area (Å²) in [5, 5.41) is 10.8. The van der Waals surface area contributed by atoms with Crippen LogP contribution in [-0.4, -0.2) is 22.6 Å². The molecule has 0 aromatic heterocycles. The normalized spacial score (nSPS) is 24.1. The lowest BCUT2D eigenvalue weighted by molar-refractivity contribution is -0.158. The predicted molar refractivity (Wildman–Crippen MR) is 85.2 cm³/mol. The first kappa shape index (κ1) is 15.2. The number of cyclic esters (lactones) is 2. The maximum atomic E-state index is 12.0. The van der Waals surface area contributed by atoms with Gasteiger partial charge in [-0.05, 0) is 11.1 Å². The zero-order chi connectivity index (χ0) is 16.3. The molecule has 3 rings (SSSR count). The Morgan fingerprint density at radius 3 is 2.26 bits per heavy atom. The molecule has 116 valence electrons. The summed E-state index contributed by atoms with van der Waals surface area (Å²) in [5.74, 6) is -2.63. The summed E-state index contributed by atoms with van der Waals surface area (Å²) in [6.07, 6.45) is 3.27. The van der Waals surface area contributed by atoms with Gasteiger partial charge in [-0.15, -0.1) is 0 Å². The second kappa shape index (κ2) is 6.18. The Balaban J connectivity index is 1.88. The van der Waals surface area contributed by atoms with E-state index in [1.54, 1.807) is 18.2 Å². The Kier molecular flexibility index (Phi) is 4.08. The molecular formula is C19H16O4. The zero-order valence-corrected chi connectivity index (χ0v) is 12.4. The van der Waals surface area contributed by atoms with Crippen molar-refractivity contribution in [1.29, 1.82) is 0 Å². The molecule has 1 N–H and O–H groups in total. The van der Waals surface area contributed by atoms with Gasteiger partial charge in [0.05, 0.1) is 0 Å². The van der Waals surface area contributed by atoms with Gasteiger partial charge in [-0.1, -0.05) is 72.8 Å². The second-order valence-corrected chi connectivity index (χ2v) is 5.54. The van der Waals surface area contributed by atoms with Gasteiger partial charge in [-0.25, -0.2) is 4.79 Å². The fraction of sp³-hybridized carbons (Fsp3) is 0.158. The minimum absolute atomic E-state index is 0.0300. The van der Waals surface area contributed by atoms with Crippen molar-refractivity contribution in [3.63, 3.8) is 0 Å². The first-order valence-electron chi connectivity index (χ1n) is 7.35. The third-order valence-corrected chi connectivity index (χ3v) is 3.91. The molecular weight excluding hydrogens is 292 g/mol. The van der Waals surface area contributed by atoms with Crippen molar-refractivity contribution in [2.75, 3.05) is 0 Å². The maximum absolute atomic E-state index is 12.0. The van der Waals surface area contributed by atoms with Crippen molar-refractivity contribution < 1.29 is 19.4 Å². The number of rotatable bonds is 4. The molecule has 0 saturated carbocycles. The van der Waals surface area contributed by atoms with Gasteiger partial charge >= 0.3 is 11.9 Å². The topological polar surface area (TPSA) is 63.6 Å². The quantitative estimate of drug-likeness (QED) is 0.696. The van der Waals surface area contributed by atoms with Crippen molar-refractivity contribution >= 4 is 18.0 Å². The number of hydrogen-bond acceptors (Lipinski definition) is 4. The van der Waals surface area contributed by atoms with Gasteiger partial charge in [0.1, 0.15) is 5.92 Å². The molecule has 2 aromatic rings. The molecule has 0 radical (unpaired) electrons.